The maximum Gasteiger partial charge on any atom is 0.243 e. The van der Waals surface area contributed by atoms with Crippen LogP contribution < -0.4 is 5.32 Å². The molecule has 0 spiro atoms. The second kappa shape index (κ2) is 5.46. The molecule has 23 heavy (non-hydrogen) atoms. The number of anilines is 1. The molecule has 1 aliphatic heterocycles. The van der Waals surface area contributed by atoms with Gasteiger partial charge in [0.2, 0.25) is 5.95 Å². The van der Waals surface area contributed by atoms with Crippen LogP contribution in [0.25, 0.3) is 0 Å². The molecule has 0 saturated carbocycles. The van der Waals surface area contributed by atoms with Gasteiger partial charge < -0.3 is 5.32 Å². The molecule has 1 aliphatic rings. The SMILES string of the molecule is Cc1ccccc1[C@H]1C[C@@H](c2ccc(F)cc2)Nc2nnnn21. The molecule has 1 aromatic heterocycles. The van der Waals surface area contributed by atoms with Gasteiger partial charge in [-0.3, -0.25) is 0 Å². The van der Waals surface area contributed by atoms with Crippen molar-refractivity contribution in [2.45, 2.75) is 25.4 Å². The number of nitrogens with zero attached hydrogens (tertiary/aromatic N) is 4. The third-order valence-corrected chi connectivity index (χ3v) is 4.37. The molecule has 0 amide bonds. The first-order chi connectivity index (χ1) is 11.2. The minimum atomic E-state index is -0.232. The first kappa shape index (κ1) is 13.9. The molecule has 0 saturated heterocycles. The van der Waals surface area contributed by atoms with Crippen LogP contribution in [0.3, 0.4) is 0 Å². The van der Waals surface area contributed by atoms with Gasteiger partial charge in [0.1, 0.15) is 5.82 Å². The summed E-state index contributed by atoms with van der Waals surface area (Å²) in [6, 6.07) is 14.9. The van der Waals surface area contributed by atoms with Gasteiger partial charge in [-0.25, -0.2) is 9.07 Å². The Morgan fingerprint density at radius 3 is 2.70 bits per heavy atom. The van der Waals surface area contributed by atoms with Crippen molar-refractivity contribution in [1.82, 2.24) is 20.2 Å². The summed E-state index contributed by atoms with van der Waals surface area (Å²) in [6.07, 6.45) is 0.800. The molecule has 0 aliphatic carbocycles. The van der Waals surface area contributed by atoms with Crippen molar-refractivity contribution in [2.24, 2.45) is 0 Å². The van der Waals surface area contributed by atoms with Crippen molar-refractivity contribution in [2.75, 3.05) is 5.32 Å². The molecule has 0 radical (unpaired) electrons. The smallest absolute Gasteiger partial charge is 0.243 e. The molecular formula is C17H16FN5. The van der Waals surface area contributed by atoms with Crippen molar-refractivity contribution in [3.63, 3.8) is 0 Å². The van der Waals surface area contributed by atoms with E-state index in [0.717, 1.165) is 12.0 Å². The van der Waals surface area contributed by atoms with Gasteiger partial charge in [-0.2, -0.15) is 0 Å². The van der Waals surface area contributed by atoms with Gasteiger partial charge in [0.25, 0.3) is 0 Å². The Hall–Kier alpha value is -2.76. The minimum absolute atomic E-state index is 0.0405. The van der Waals surface area contributed by atoms with Crippen LogP contribution in [0.1, 0.15) is 35.2 Å². The Balaban J connectivity index is 1.75. The number of aryl methyl sites for hydroxylation is 1. The number of benzene rings is 2. The van der Waals surface area contributed by atoms with Crippen molar-refractivity contribution in [3.05, 3.63) is 71.0 Å². The summed E-state index contributed by atoms with van der Waals surface area (Å²) in [5, 5.41) is 15.3. The van der Waals surface area contributed by atoms with Crippen LogP contribution in [0.2, 0.25) is 0 Å². The number of hydrogen-bond acceptors (Lipinski definition) is 4. The molecule has 6 heteroatoms. The highest BCUT2D eigenvalue weighted by molar-refractivity contribution is 5.39. The molecule has 2 aromatic carbocycles. The highest BCUT2D eigenvalue weighted by atomic mass is 19.1. The summed E-state index contributed by atoms with van der Waals surface area (Å²) < 4.78 is 15.0. The number of aromatic nitrogens is 4. The molecule has 3 aromatic rings. The predicted molar refractivity (Wildman–Crippen MR) is 84.5 cm³/mol. The first-order valence-corrected chi connectivity index (χ1v) is 7.58. The van der Waals surface area contributed by atoms with Gasteiger partial charge in [0.15, 0.2) is 0 Å². The van der Waals surface area contributed by atoms with Gasteiger partial charge in [0, 0.05) is 0 Å². The maximum absolute atomic E-state index is 13.2. The predicted octanol–water partition coefficient (Wildman–Crippen LogP) is 3.27. The van der Waals surface area contributed by atoms with Crippen molar-refractivity contribution >= 4 is 5.95 Å². The third-order valence-electron chi connectivity index (χ3n) is 4.37. The largest absolute Gasteiger partial charge is 0.346 e. The molecule has 2 heterocycles. The quantitative estimate of drug-likeness (QED) is 0.789. The zero-order valence-electron chi connectivity index (χ0n) is 12.6. The Bertz CT molecular complexity index is 827. The minimum Gasteiger partial charge on any atom is -0.346 e. The lowest BCUT2D eigenvalue weighted by Gasteiger charge is -2.31. The lowest BCUT2D eigenvalue weighted by Crippen LogP contribution is -2.28. The molecule has 116 valence electrons. The first-order valence-electron chi connectivity index (χ1n) is 7.58. The summed E-state index contributed by atoms with van der Waals surface area (Å²) in [6.45, 7) is 2.09. The van der Waals surface area contributed by atoms with E-state index in [9.17, 15) is 4.39 Å². The zero-order chi connectivity index (χ0) is 15.8. The van der Waals surface area contributed by atoms with Gasteiger partial charge in [-0.15, -0.1) is 0 Å². The Morgan fingerprint density at radius 2 is 1.91 bits per heavy atom. The van der Waals surface area contributed by atoms with Crippen molar-refractivity contribution < 1.29 is 4.39 Å². The van der Waals surface area contributed by atoms with Crippen LogP contribution in [-0.2, 0) is 0 Å². The van der Waals surface area contributed by atoms with E-state index in [0.29, 0.717) is 5.95 Å². The van der Waals surface area contributed by atoms with E-state index in [2.05, 4.69) is 39.9 Å². The molecule has 0 bridgehead atoms. The molecule has 0 fully saturated rings. The van der Waals surface area contributed by atoms with E-state index >= 15 is 0 Å². The number of nitrogens with one attached hydrogen (secondary N) is 1. The fourth-order valence-electron chi connectivity index (χ4n) is 3.17. The van der Waals surface area contributed by atoms with Crippen LogP contribution in [0.5, 0.6) is 0 Å². The fraction of sp³-hybridized carbons (Fsp3) is 0.235. The molecule has 2 atom stereocenters. The molecule has 4 rings (SSSR count). The van der Waals surface area contributed by atoms with E-state index in [-0.39, 0.29) is 17.9 Å². The van der Waals surface area contributed by atoms with Gasteiger partial charge in [-0.05, 0) is 52.6 Å². The Labute approximate surface area is 133 Å². The standard InChI is InChI=1S/C17H16FN5/c1-11-4-2-3-5-14(11)16-10-15(12-6-8-13(18)9-7-12)19-17-20-21-22-23(16)17/h2-9,15-16H,10H2,1H3,(H,19,20,22)/t15-,16+/m0/s1. The van der Waals surface area contributed by atoms with Crippen LogP contribution >= 0.6 is 0 Å². The lowest BCUT2D eigenvalue weighted by atomic mass is 9.91. The molecule has 5 nitrogen and oxygen atoms in total. The van der Waals surface area contributed by atoms with Crippen LogP contribution in [-0.4, -0.2) is 20.2 Å². The average molecular weight is 309 g/mol. The number of tetrazole rings is 1. The summed E-state index contributed by atoms with van der Waals surface area (Å²) in [5.41, 5.74) is 3.44. The number of rotatable bonds is 2. The van der Waals surface area contributed by atoms with E-state index < -0.39 is 0 Å². The Kier molecular flexibility index (Phi) is 3.29. The van der Waals surface area contributed by atoms with E-state index in [4.69, 9.17) is 0 Å². The summed E-state index contributed by atoms with van der Waals surface area (Å²) >= 11 is 0. The lowest BCUT2D eigenvalue weighted by molar-refractivity contribution is 0.422. The molecule has 1 N–H and O–H groups in total. The van der Waals surface area contributed by atoms with E-state index in [1.807, 2.05) is 16.8 Å². The number of fused-ring (bicyclic) bond motifs is 1. The van der Waals surface area contributed by atoms with E-state index in [1.54, 1.807) is 12.1 Å². The third kappa shape index (κ3) is 2.46. The summed E-state index contributed by atoms with van der Waals surface area (Å²) in [7, 11) is 0. The fourth-order valence-corrected chi connectivity index (χ4v) is 3.17. The highest BCUT2D eigenvalue weighted by Gasteiger charge is 2.31. The highest BCUT2D eigenvalue weighted by Crippen LogP contribution is 2.37. The summed E-state index contributed by atoms with van der Waals surface area (Å²) in [4.78, 5) is 0. The maximum atomic E-state index is 13.2. The number of hydrogen-bond donors (Lipinski definition) is 1. The van der Waals surface area contributed by atoms with Crippen LogP contribution in [0.4, 0.5) is 10.3 Å². The van der Waals surface area contributed by atoms with Gasteiger partial charge in [0.05, 0.1) is 12.1 Å². The second-order valence-corrected chi connectivity index (χ2v) is 5.80. The summed E-state index contributed by atoms with van der Waals surface area (Å²) in [5.74, 6) is 0.406. The van der Waals surface area contributed by atoms with Crippen LogP contribution in [0, 0.1) is 12.7 Å². The monoisotopic (exact) mass is 309 g/mol. The molecule has 0 unspecified atom stereocenters. The average Bonchev–Trinajstić information content (AvgIpc) is 3.04. The molecular weight excluding hydrogens is 293 g/mol. The van der Waals surface area contributed by atoms with Crippen molar-refractivity contribution in [1.29, 1.82) is 0 Å². The van der Waals surface area contributed by atoms with E-state index in [1.165, 1.54) is 23.3 Å². The van der Waals surface area contributed by atoms with Crippen LogP contribution in [0.15, 0.2) is 48.5 Å². The topological polar surface area (TPSA) is 55.6 Å². The van der Waals surface area contributed by atoms with Gasteiger partial charge >= 0.3 is 0 Å². The van der Waals surface area contributed by atoms with Gasteiger partial charge in [-0.1, -0.05) is 41.5 Å². The zero-order valence-corrected chi connectivity index (χ0v) is 12.6. The second-order valence-electron chi connectivity index (χ2n) is 5.80. The van der Waals surface area contributed by atoms with Crippen molar-refractivity contribution in [3.8, 4) is 0 Å². The normalized spacial score (nSPS) is 19.9. The Morgan fingerprint density at radius 1 is 1.13 bits per heavy atom. The number of halogens is 1.